The molecule has 60 valence electrons. The summed E-state index contributed by atoms with van der Waals surface area (Å²) in [6.45, 7) is 0. The third-order valence-electron chi connectivity index (χ3n) is 1.30. The van der Waals surface area contributed by atoms with Gasteiger partial charge in [-0.2, -0.15) is 0 Å². The van der Waals surface area contributed by atoms with Crippen LogP contribution >= 0.6 is 7.44 Å². The van der Waals surface area contributed by atoms with Gasteiger partial charge >= 0.3 is 0 Å². The molecule has 0 heterocycles. The van der Waals surface area contributed by atoms with Crippen LogP contribution in [0.15, 0.2) is 24.3 Å². The van der Waals surface area contributed by atoms with Gasteiger partial charge in [0.25, 0.3) is 0 Å². The Hall–Kier alpha value is -0.830. The van der Waals surface area contributed by atoms with E-state index in [1.165, 1.54) is 0 Å². The summed E-state index contributed by atoms with van der Waals surface area (Å²) in [7, 11) is -3.09. The van der Waals surface area contributed by atoms with E-state index in [4.69, 9.17) is 16.7 Å². The van der Waals surface area contributed by atoms with Crippen molar-refractivity contribution in [3.8, 4) is 0 Å². The van der Waals surface area contributed by atoms with Crippen LogP contribution in [-0.4, -0.2) is 0 Å². The molecule has 0 spiro atoms. The topological polar surface area (TPSA) is 95.1 Å². The maximum atomic E-state index is 11.0. The van der Waals surface area contributed by atoms with Gasteiger partial charge in [-0.05, 0) is 24.3 Å². The monoisotopic (exact) mass is 171 g/mol. The summed E-state index contributed by atoms with van der Waals surface area (Å²) in [5.74, 6) is 0. The molecule has 0 unspecified atom stereocenters. The van der Waals surface area contributed by atoms with Gasteiger partial charge in [0.15, 0.2) is 0 Å². The Morgan fingerprint density at radius 3 is 1.91 bits per heavy atom. The van der Waals surface area contributed by atoms with Crippen molar-refractivity contribution in [1.29, 1.82) is 0 Å². The third kappa shape index (κ3) is 2.05. The Morgan fingerprint density at radius 1 is 1.09 bits per heavy atom. The number of hydrogen-bond acceptors (Lipinski definition) is 2. The first kappa shape index (κ1) is 8.27. The number of anilines is 1. The van der Waals surface area contributed by atoms with Crippen molar-refractivity contribution < 1.29 is 4.57 Å². The van der Waals surface area contributed by atoms with Gasteiger partial charge in [0.2, 0.25) is 7.44 Å². The van der Waals surface area contributed by atoms with Crippen LogP contribution in [0.25, 0.3) is 0 Å². The predicted molar refractivity (Wildman–Crippen MR) is 46.5 cm³/mol. The van der Waals surface area contributed by atoms with E-state index in [-0.39, 0.29) is 0 Å². The Balaban J connectivity index is 3.09. The summed E-state index contributed by atoms with van der Waals surface area (Å²) >= 11 is 0. The van der Waals surface area contributed by atoms with Crippen LogP contribution in [0.2, 0.25) is 0 Å². The van der Waals surface area contributed by atoms with Gasteiger partial charge in [-0.1, -0.05) is 0 Å². The first-order chi connectivity index (χ1) is 5.00. The lowest BCUT2D eigenvalue weighted by Crippen LogP contribution is -2.18. The van der Waals surface area contributed by atoms with Crippen LogP contribution in [0.4, 0.5) is 5.69 Å². The molecule has 0 fully saturated rings. The first-order valence-electron chi connectivity index (χ1n) is 3.03. The minimum absolute atomic E-state index is 0.437. The lowest BCUT2D eigenvalue weighted by Gasteiger charge is -2.05. The second-order valence-corrected chi connectivity index (χ2v) is 4.24. The molecule has 5 heteroatoms. The molecule has 0 aliphatic heterocycles. The van der Waals surface area contributed by atoms with Gasteiger partial charge in [-0.25, -0.2) is 0 Å². The van der Waals surface area contributed by atoms with Crippen molar-refractivity contribution in [2.75, 3.05) is 5.73 Å². The lowest BCUT2D eigenvalue weighted by molar-refractivity contribution is 0.583. The van der Waals surface area contributed by atoms with Crippen LogP contribution in [0.3, 0.4) is 0 Å². The number of nitrogens with two attached hydrogens (primary N) is 3. The number of benzene rings is 1. The fourth-order valence-corrected chi connectivity index (χ4v) is 1.32. The van der Waals surface area contributed by atoms with Crippen molar-refractivity contribution in [2.24, 2.45) is 11.0 Å². The molecule has 4 nitrogen and oxygen atoms in total. The molecular formula is C6H10N3OP. The molecule has 0 bridgehead atoms. The fraction of sp³-hybridized carbons (Fsp3) is 0. The van der Waals surface area contributed by atoms with E-state index < -0.39 is 7.44 Å². The van der Waals surface area contributed by atoms with Gasteiger partial charge in [-0.3, -0.25) is 15.6 Å². The molecular weight excluding hydrogens is 161 g/mol. The van der Waals surface area contributed by atoms with Gasteiger partial charge in [0.1, 0.15) is 0 Å². The van der Waals surface area contributed by atoms with Crippen molar-refractivity contribution in [3.63, 3.8) is 0 Å². The second-order valence-electron chi connectivity index (χ2n) is 2.30. The Kier molecular flexibility index (Phi) is 2.00. The van der Waals surface area contributed by atoms with Gasteiger partial charge in [0, 0.05) is 11.0 Å². The van der Waals surface area contributed by atoms with Gasteiger partial charge in [0.05, 0.1) is 0 Å². The van der Waals surface area contributed by atoms with Crippen molar-refractivity contribution in [1.82, 2.24) is 0 Å². The van der Waals surface area contributed by atoms with E-state index >= 15 is 0 Å². The zero-order valence-corrected chi connectivity index (χ0v) is 6.79. The van der Waals surface area contributed by atoms with Crippen molar-refractivity contribution in [3.05, 3.63) is 24.3 Å². The smallest absolute Gasteiger partial charge is 0.235 e. The Bertz CT molecular complexity index is 289. The van der Waals surface area contributed by atoms with E-state index in [0.717, 1.165) is 0 Å². The molecule has 1 aromatic rings. The normalized spacial score (nSPS) is 11.5. The summed E-state index contributed by atoms with van der Waals surface area (Å²) in [6, 6.07) is 6.36. The summed E-state index contributed by atoms with van der Waals surface area (Å²) in [5.41, 5.74) is 16.4. The van der Waals surface area contributed by atoms with Crippen LogP contribution in [0.1, 0.15) is 0 Å². The van der Waals surface area contributed by atoms with Crippen LogP contribution in [-0.2, 0) is 4.57 Å². The number of rotatable bonds is 1. The summed E-state index contributed by atoms with van der Waals surface area (Å²) < 4.78 is 11.0. The highest BCUT2D eigenvalue weighted by Gasteiger charge is 2.10. The average molecular weight is 171 g/mol. The Morgan fingerprint density at radius 2 is 1.55 bits per heavy atom. The van der Waals surface area contributed by atoms with Gasteiger partial charge < -0.3 is 5.73 Å². The summed E-state index contributed by atoms with van der Waals surface area (Å²) in [5, 5.41) is 0.437. The molecule has 0 aliphatic carbocycles. The molecule has 0 radical (unpaired) electrons. The zero-order chi connectivity index (χ0) is 8.48. The molecule has 0 aliphatic rings. The average Bonchev–Trinajstić information content (AvgIpc) is 1.86. The minimum atomic E-state index is -3.09. The molecule has 1 aromatic carbocycles. The van der Waals surface area contributed by atoms with E-state index in [9.17, 15) is 4.57 Å². The lowest BCUT2D eigenvalue weighted by atomic mass is 10.3. The molecule has 0 atom stereocenters. The third-order valence-corrected chi connectivity index (χ3v) is 2.40. The van der Waals surface area contributed by atoms with Crippen LogP contribution in [0, 0.1) is 0 Å². The quantitative estimate of drug-likeness (QED) is 0.409. The maximum absolute atomic E-state index is 11.0. The van der Waals surface area contributed by atoms with Gasteiger partial charge in [-0.15, -0.1) is 0 Å². The van der Waals surface area contributed by atoms with E-state index in [1.807, 2.05) is 0 Å². The standard InChI is InChI=1S/C6H10N3OP/c7-5-1-3-6(4-2-5)11(8,9)10/h1-4H,7H2,(H4,8,9,10). The SMILES string of the molecule is Nc1ccc(P(N)(N)=O)cc1. The van der Waals surface area contributed by atoms with Crippen LogP contribution < -0.4 is 22.0 Å². The van der Waals surface area contributed by atoms with Crippen molar-refractivity contribution in [2.45, 2.75) is 0 Å². The molecule has 0 amide bonds. The van der Waals surface area contributed by atoms with E-state index in [0.29, 0.717) is 11.0 Å². The zero-order valence-electron chi connectivity index (χ0n) is 5.90. The highest BCUT2D eigenvalue weighted by Crippen LogP contribution is 2.23. The number of hydrogen-bond donors (Lipinski definition) is 3. The highest BCUT2D eigenvalue weighted by atomic mass is 31.2. The molecule has 0 saturated carbocycles. The summed E-state index contributed by atoms with van der Waals surface area (Å²) in [6.07, 6.45) is 0. The predicted octanol–water partition coefficient (Wildman–Crippen LogP) is 0.00460. The van der Waals surface area contributed by atoms with Crippen LogP contribution in [0.5, 0.6) is 0 Å². The molecule has 11 heavy (non-hydrogen) atoms. The molecule has 0 saturated heterocycles. The largest absolute Gasteiger partial charge is 0.399 e. The molecule has 0 aromatic heterocycles. The Labute approximate surface area is 64.9 Å². The highest BCUT2D eigenvalue weighted by molar-refractivity contribution is 7.67. The maximum Gasteiger partial charge on any atom is 0.235 e. The molecule has 6 N–H and O–H groups in total. The first-order valence-corrected chi connectivity index (χ1v) is 4.88. The second kappa shape index (κ2) is 2.66. The van der Waals surface area contributed by atoms with Crippen molar-refractivity contribution >= 4 is 18.4 Å². The van der Waals surface area contributed by atoms with E-state index in [2.05, 4.69) is 0 Å². The van der Waals surface area contributed by atoms with E-state index in [1.54, 1.807) is 24.3 Å². The fourth-order valence-electron chi connectivity index (χ4n) is 0.707. The summed E-state index contributed by atoms with van der Waals surface area (Å²) in [4.78, 5) is 0. The molecule has 1 rings (SSSR count). The minimum Gasteiger partial charge on any atom is -0.399 e. The number of nitrogen functional groups attached to an aromatic ring is 1.